The van der Waals surface area contributed by atoms with Gasteiger partial charge in [0.05, 0.1) is 25.7 Å². The minimum atomic E-state index is -0.563. The third-order valence-electron chi connectivity index (χ3n) is 4.06. The average Bonchev–Trinajstić information content (AvgIpc) is 2.55. The number of hydrogen-bond acceptors (Lipinski definition) is 5. The SMILES string of the molecule is CCOC(=O)C1CCCN(CC(O)c2ccc(OC)cc2)C1. The zero-order valence-corrected chi connectivity index (χ0v) is 13.3. The number of piperidine rings is 1. The highest BCUT2D eigenvalue weighted by atomic mass is 16.5. The molecule has 5 nitrogen and oxygen atoms in total. The number of carbonyl (C=O) groups excluding carboxylic acids is 1. The average molecular weight is 307 g/mol. The molecule has 0 bridgehead atoms. The molecule has 0 aliphatic carbocycles. The molecular formula is C17H25NO4. The number of methoxy groups -OCH3 is 1. The summed E-state index contributed by atoms with van der Waals surface area (Å²) >= 11 is 0. The number of esters is 1. The van der Waals surface area contributed by atoms with Crippen LogP contribution in [0, 0.1) is 5.92 Å². The van der Waals surface area contributed by atoms with Crippen molar-refractivity contribution < 1.29 is 19.4 Å². The zero-order chi connectivity index (χ0) is 15.9. The Morgan fingerprint density at radius 2 is 2.14 bits per heavy atom. The first-order chi connectivity index (χ1) is 10.6. The highest BCUT2D eigenvalue weighted by Gasteiger charge is 2.27. The van der Waals surface area contributed by atoms with Crippen molar-refractivity contribution in [3.63, 3.8) is 0 Å². The maximum atomic E-state index is 11.8. The first-order valence-electron chi connectivity index (χ1n) is 7.85. The number of hydrogen-bond donors (Lipinski definition) is 1. The Bertz CT molecular complexity index is 474. The number of β-amino-alcohol motifs (C(OH)–C–C–N with tert-alkyl or cyclic N) is 1. The van der Waals surface area contributed by atoms with E-state index in [0.717, 1.165) is 30.7 Å². The molecule has 1 aromatic rings. The van der Waals surface area contributed by atoms with Crippen LogP contribution in [-0.2, 0) is 9.53 Å². The lowest BCUT2D eigenvalue weighted by Crippen LogP contribution is -2.41. The summed E-state index contributed by atoms with van der Waals surface area (Å²) in [5, 5.41) is 10.4. The summed E-state index contributed by atoms with van der Waals surface area (Å²) in [4.78, 5) is 14.0. The Kier molecular flexibility index (Phi) is 6.21. The van der Waals surface area contributed by atoms with Gasteiger partial charge >= 0.3 is 5.97 Å². The molecule has 1 saturated heterocycles. The minimum Gasteiger partial charge on any atom is -0.497 e. The predicted octanol–water partition coefficient (Wildman–Crippen LogP) is 2.00. The van der Waals surface area contributed by atoms with Gasteiger partial charge in [0.15, 0.2) is 0 Å². The van der Waals surface area contributed by atoms with Gasteiger partial charge in [-0.25, -0.2) is 0 Å². The van der Waals surface area contributed by atoms with E-state index in [0.29, 0.717) is 19.7 Å². The topological polar surface area (TPSA) is 59.0 Å². The fourth-order valence-corrected chi connectivity index (χ4v) is 2.85. The first kappa shape index (κ1) is 16.8. The quantitative estimate of drug-likeness (QED) is 0.815. The molecule has 0 amide bonds. The molecule has 1 aromatic carbocycles. The Morgan fingerprint density at radius 3 is 2.77 bits per heavy atom. The first-order valence-corrected chi connectivity index (χ1v) is 7.85. The summed E-state index contributed by atoms with van der Waals surface area (Å²) in [6.07, 6.45) is 1.26. The molecule has 1 aliphatic rings. The van der Waals surface area contributed by atoms with Gasteiger partial charge in [0, 0.05) is 13.1 Å². The van der Waals surface area contributed by atoms with E-state index in [2.05, 4.69) is 4.90 Å². The van der Waals surface area contributed by atoms with Gasteiger partial charge < -0.3 is 14.6 Å². The minimum absolute atomic E-state index is 0.0724. The maximum absolute atomic E-state index is 11.8. The molecule has 122 valence electrons. The monoisotopic (exact) mass is 307 g/mol. The summed E-state index contributed by atoms with van der Waals surface area (Å²) in [6, 6.07) is 7.43. The van der Waals surface area contributed by atoms with Gasteiger partial charge in [0.25, 0.3) is 0 Å². The molecule has 2 rings (SSSR count). The summed E-state index contributed by atoms with van der Waals surface area (Å²) < 4.78 is 10.2. The lowest BCUT2D eigenvalue weighted by atomic mass is 9.97. The highest BCUT2D eigenvalue weighted by molar-refractivity contribution is 5.72. The van der Waals surface area contributed by atoms with Crippen LogP contribution in [0.3, 0.4) is 0 Å². The Labute approximate surface area is 131 Å². The van der Waals surface area contributed by atoms with E-state index in [-0.39, 0.29) is 11.9 Å². The molecule has 1 heterocycles. The van der Waals surface area contributed by atoms with E-state index in [1.807, 2.05) is 31.2 Å². The zero-order valence-electron chi connectivity index (χ0n) is 13.3. The van der Waals surface area contributed by atoms with Crippen LogP contribution in [0.5, 0.6) is 5.75 Å². The standard InChI is InChI=1S/C17H25NO4/c1-3-22-17(20)14-5-4-10-18(11-14)12-16(19)13-6-8-15(21-2)9-7-13/h6-9,14,16,19H,3-5,10-12H2,1-2H3. The van der Waals surface area contributed by atoms with E-state index in [4.69, 9.17) is 9.47 Å². The Balaban J connectivity index is 1.89. The number of likely N-dealkylation sites (tertiary alicyclic amines) is 1. The van der Waals surface area contributed by atoms with Crippen molar-refractivity contribution in [1.29, 1.82) is 0 Å². The maximum Gasteiger partial charge on any atom is 0.310 e. The predicted molar refractivity (Wildman–Crippen MR) is 83.8 cm³/mol. The molecule has 1 fully saturated rings. The number of aliphatic hydroxyl groups is 1. The number of ether oxygens (including phenoxy) is 2. The van der Waals surface area contributed by atoms with Gasteiger partial charge in [-0.3, -0.25) is 9.69 Å². The Hall–Kier alpha value is -1.59. The van der Waals surface area contributed by atoms with Crippen LogP contribution in [0.2, 0.25) is 0 Å². The summed E-state index contributed by atoms with van der Waals surface area (Å²) in [7, 11) is 1.62. The molecule has 0 radical (unpaired) electrons. The molecule has 0 spiro atoms. The van der Waals surface area contributed by atoms with Crippen LogP contribution in [0.15, 0.2) is 24.3 Å². The van der Waals surface area contributed by atoms with E-state index >= 15 is 0 Å². The second-order valence-corrected chi connectivity index (χ2v) is 5.64. The van der Waals surface area contributed by atoms with Crippen LogP contribution in [0.4, 0.5) is 0 Å². The van der Waals surface area contributed by atoms with Crippen LogP contribution < -0.4 is 4.74 Å². The summed E-state index contributed by atoms with van der Waals surface area (Å²) in [6.45, 7) is 4.34. The molecule has 1 aliphatic heterocycles. The van der Waals surface area contributed by atoms with Crippen molar-refractivity contribution in [1.82, 2.24) is 4.90 Å². The number of aliphatic hydroxyl groups excluding tert-OH is 1. The third kappa shape index (κ3) is 4.45. The molecule has 0 aromatic heterocycles. The van der Waals surface area contributed by atoms with Crippen LogP contribution >= 0.6 is 0 Å². The Morgan fingerprint density at radius 1 is 1.41 bits per heavy atom. The molecule has 2 atom stereocenters. The molecule has 22 heavy (non-hydrogen) atoms. The largest absolute Gasteiger partial charge is 0.497 e. The van der Waals surface area contributed by atoms with Gasteiger partial charge in [0.1, 0.15) is 5.75 Å². The van der Waals surface area contributed by atoms with E-state index in [1.165, 1.54) is 0 Å². The van der Waals surface area contributed by atoms with Crippen molar-refractivity contribution in [2.75, 3.05) is 33.4 Å². The van der Waals surface area contributed by atoms with Crippen molar-refractivity contribution in [2.24, 2.45) is 5.92 Å². The number of rotatable bonds is 6. The molecule has 2 unspecified atom stereocenters. The lowest BCUT2D eigenvalue weighted by Gasteiger charge is -2.32. The van der Waals surface area contributed by atoms with Crippen LogP contribution in [-0.4, -0.2) is 49.3 Å². The molecule has 1 N–H and O–H groups in total. The van der Waals surface area contributed by atoms with Crippen LogP contribution in [0.1, 0.15) is 31.4 Å². The van der Waals surface area contributed by atoms with Crippen molar-refractivity contribution >= 4 is 5.97 Å². The van der Waals surface area contributed by atoms with Crippen molar-refractivity contribution in [2.45, 2.75) is 25.9 Å². The van der Waals surface area contributed by atoms with Crippen molar-refractivity contribution in [3.8, 4) is 5.75 Å². The van der Waals surface area contributed by atoms with E-state index in [9.17, 15) is 9.90 Å². The molecular weight excluding hydrogens is 282 g/mol. The van der Waals surface area contributed by atoms with Crippen molar-refractivity contribution in [3.05, 3.63) is 29.8 Å². The summed E-state index contributed by atoms with van der Waals surface area (Å²) in [5.41, 5.74) is 0.860. The van der Waals surface area contributed by atoms with Gasteiger partial charge in [-0.05, 0) is 44.0 Å². The lowest BCUT2D eigenvalue weighted by molar-refractivity contribution is -0.150. The number of nitrogens with zero attached hydrogens (tertiary/aromatic N) is 1. The molecule has 0 saturated carbocycles. The normalized spacial score (nSPS) is 20.4. The fourth-order valence-electron chi connectivity index (χ4n) is 2.85. The third-order valence-corrected chi connectivity index (χ3v) is 4.06. The smallest absolute Gasteiger partial charge is 0.310 e. The molecule has 5 heteroatoms. The number of benzene rings is 1. The van der Waals surface area contributed by atoms with Gasteiger partial charge in [-0.1, -0.05) is 12.1 Å². The summed E-state index contributed by atoms with van der Waals surface area (Å²) in [5.74, 6) is 0.583. The van der Waals surface area contributed by atoms with E-state index < -0.39 is 6.10 Å². The van der Waals surface area contributed by atoms with E-state index in [1.54, 1.807) is 7.11 Å². The fraction of sp³-hybridized carbons (Fsp3) is 0.588. The van der Waals surface area contributed by atoms with Gasteiger partial charge in [-0.15, -0.1) is 0 Å². The number of carbonyl (C=O) groups is 1. The van der Waals surface area contributed by atoms with Gasteiger partial charge in [0.2, 0.25) is 0 Å². The van der Waals surface area contributed by atoms with Crippen LogP contribution in [0.25, 0.3) is 0 Å². The van der Waals surface area contributed by atoms with Gasteiger partial charge in [-0.2, -0.15) is 0 Å². The second-order valence-electron chi connectivity index (χ2n) is 5.64. The highest BCUT2D eigenvalue weighted by Crippen LogP contribution is 2.22. The second kappa shape index (κ2) is 8.15.